The van der Waals surface area contributed by atoms with Crippen LogP contribution in [0.2, 0.25) is 0 Å². The predicted octanol–water partition coefficient (Wildman–Crippen LogP) is 1.50. The average molecular weight is 210 g/mol. The van der Waals surface area contributed by atoms with E-state index in [2.05, 4.69) is 4.74 Å². The fraction of sp³-hybridized carbons (Fsp3) is 0.273. The lowest BCUT2D eigenvalue weighted by atomic mass is 10.1. The van der Waals surface area contributed by atoms with E-state index in [0.717, 1.165) is 0 Å². The van der Waals surface area contributed by atoms with Crippen molar-refractivity contribution in [2.75, 3.05) is 7.11 Å². The van der Waals surface area contributed by atoms with E-state index in [1.807, 2.05) is 0 Å². The normalized spacial score (nSPS) is 9.73. The molecule has 0 aliphatic rings. The van der Waals surface area contributed by atoms with Crippen molar-refractivity contribution < 1.29 is 18.7 Å². The minimum atomic E-state index is -0.573. The zero-order valence-electron chi connectivity index (χ0n) is 8.33. The summed E-state index contributed by atoms with van der Waals surface area (Å²) in [5, 5.41) is 0. The van der Waals surface area contributed by atoms with Crippen LogP contribution in [-0.4, -0.2) is 18.9 Å². The number of carbonyl (C=O) groups is 2. The molecule has 4 heteroatoms. The van der Waals surface area contributed by atoms with Crippen LogP contribution in [0, 0.1) is 5.82 Å². The molecule has 0 aliphatic carbocycles. The van der Waals surface area contributed by atoms with E-state index >= 15 is 0 Å². The maximum absolute atomic E-state index is 12.7. The fourth-order valence-electron chi connectivity index (χ4n) is 1.17. The van der Waals surface area contributed by atoms with Crippen LogP contribution >= 0.6 is 0 Å². The molecule has 0 atom stereocenters. The Morgan fingerprint density at radius 1 is 1.40 bits per heavy atom. The van der Waals surface area contributed by atoms with Crippen LogP contribution in [0.15, 0.2) is 24.3 Å². The quantitative estimate of drug-likeness (QED) is 0.558. The molecular formula is C11H11FO3. The third kappa shape index (κ3) is 3.89. The Hall–Kier alpha value is -1.71. The SMILES string of the molecule is COC(=O)CC(=O)Cc1cccc(F)c1. The van der Waals surface area contributed by atoms with Gasteiger partial charge in [-0.3, -0.25) is 9.59 Å². The Morgan fingerprint density at radius 3 is 2.73 bits per heavy atom. The molecule has 0 N–H and O–H groups in total. The zero-order valence-corrected chi connectivity index (χ0v) is 8.33. The highest BCUT2D eigenvalue weighted by molar-refractivity contribution is 5.96. The van der Waals surface area contributed by atoms with Gasteiger partial charge in [-0.15, -0.1) is 0 Å². The van der Waals surface area contributed by atoms with Crippen molar-refractivity contribution in [3.05, 3.63) is 35.6 Å². The summed E-state index contributed by atoms with van der Waals surface area (Å²) in [5.41, 5.74) is 0.559. The van der Waals surface area contributed by atoms with Crippen molar-refractivity contribution in [3.63, 3.8) is 0 Å². The number of methoxy groups -OCH3 is 1. The molecule has 1 aromatic rings. The molecule has 1 rings (SSSR count). The fourth-order valence-corrected chi connectivity index (χ4v) is 1.17. The maximum atomic E-state index is 12.7. The molecule has 0 aromatic heterocycles. The summed E-state index contributed by atoms with van der Waals surface area (Å²) in [6.07, 6.45) is -0.222. The molecule has 0 bridgehead atoms. The van der Waals surface area contributed by atoms with E-state index in [1.54, 1.807) is 6.07 Å². The second kappa shape index (κ2) is 5.24. The van der Waals surface area contributed by atoms with Gasteiger partial charge in [0.15, 0.2) is 0 Å². The number of esters is 1. The first-order valence-electron chi connectivity index (χ1n) is 4.45. The van der Waals surface area contributed by atoms with E-state index in [1.165, 1.54) is 25.3 Å². The highest BCUT2D eigenvalue weighted by atomic mass is 19.1. The van der Waals surface area contributed by atoms with Gasteiger partial charge in [0.25, 0.3) is 0 Å². The summed E-state index contributed by atoms with van der Waals surface area (Å²) in [6.45, 7) is 0. The molecule has 0 saturated carbocycles. The predicted molar refractivity (Wildman–Crippen MR) is 51.7 cm³/mol. The first kappa shape index (κ1) is 11.4. The molecule has 1 aromatic carbocycles. The number of rotatable bonds is 4. The van der Waals surface area contributed by atoms with Crippen molar-refractivity contribution >= 4 is 11.8 Å². The van der Waals surface area contributed by atoms with E-state index in [0.29, 0.717) is 5.56 Å². The molecule has 0 fully saturated rings. The molecule has 0 radical (unpaired) electrons. The van der Waals surface area contributed by atoms with Crippen molar-refractivity contribution in [3.8, 4) is 0 Å². The molecular weight excluding hydrogens is 199 g/mol. The number of ether oxygens (including phenoxy) is 1. The second-order valence-corrected chi connectivity index (χ2v) is 3.10. The maximum Gasteiger partial charge on any atom is 0.313 e. The Bertz CT molecular complexity index is 374. The lowest BCUT2D eigenvalue weighted by Crippen LogP contribution is -2.11. The van der Waals surface area contributed by atoms with Gasteiger partial charge < -0.3 is 4.74 Å². The lowest BCUT2D eigenvalue weighted by molar-refractivity contribution is -0.143. The van der Waals surface area contributed by atoms with Gasteiger partial charge in [0.05, 0.1) is 7.11 Å². The van der Waals surface area contributed by atoms with Gasteiger partial charge in [0.2, 0.25) is 0 Å². The van der Waals surface area contributed by atoms with Gasteiger partial charge in [0, 0.05) is 6.42 Å². The number of ketones is 1. The minimum Gasteiger partial charge on any atom is -0.469 e. The first-order valence-corrected chi connectivity index (χ1v) is 4.45. The number of halogens is 1. The van der Waals surface area contributed by atoms with Crippen molar-refractivity contribution in [2.45, 2.75) is 12.8 Å². The highest BCUT2D eigenvalue weighted by Crippen LogP contribution is 2.05. The Morgan fingerprint density at radius 2 is 2.13 bits per heavy atom. The van der Waals surface area contributed by atoms with Crippen molar-refractivity contribution in [2.24, 2.45) is 0 Å². The molecule has 0 unspecified atom stereocenters. The van der Waals surface area contributed by atoms with Crippen LogP contribution in [-0.2, 0) is 20.7 Å². The Balaban J connectivity index is 2.55. The first-order chi connectivity index (χ1) is 7.11. The third-order valence-electron chi connectivity index (χ3n) is 1.86. The van der Waals surface area contributed by atoms with Crippen LogP contribution in [0.25, 0.3) is 0 Å². The molecule has 15 heavy (non-hydrogen) atoms. The number of carbonyl (C=O) groups excluding carboxylic acids is 2. The van der Waals surface area contributed by atoms with E-state index in [4.69, 9.17) is 0 Å². The van der Waals surface area contributed by atoms with Gasteiger partial charge in [-0.25, -0.2) is 4.39 Å². The molecule has 0 aliphatic heterocycles. The van der Waals surface area contributed by atoms with Crippen molar-refractivity contribution in [1.82, 2.24) is 0 Å². The van der Waals surface area contributed by atoms with E-state index < -0.39 is 11.8 Å². The molecule has 0 heterocycles. The summed E-state index contributed by atoms with van der Waals surface area (Å²) in [7, 11) is 1.22. The molecule has 3 nitrogen and oxygen atoms in total. The Kier molecular flexibility index (Phi) is 3.97. The summed E-state index contributed by atoms with van der Waals surface area (Å²) < 4.78 is 17.1. The monoisotopic (exact) mass is 210 g/mol. The van der Waals surface area contributed by atoms with Gasteiger partial charge in [-0.1, -0.05) is 12.1 Å². The van der Waals surface area contributed by atoms with Crippen molar-refractivity contribution in [1.29, 1.82) is 0 Å². The summed E-state index contributed by atoms with van der Waals surface area (Å²) in [5.74, 6) is -1.25. The summed E-state index contributed by atoms with van der Waals surface area (Å²) in [6, 6.07) is 5.73. The Labute approximate surface area is 86.9 Å². The van der Waals surface area contributed by atoms with Gasteiger partial charge >= 0.3 is 5.97 Å². The van der Waals surface area contributed by atoms with Gasteiger partial charge in [-0.2, -0.15) is 0 Å². The zero-order chi connectivity index (χ0) is 11.3. The smallest absolute Gasteiger partial charge is 0.313 e. The molecule has 0 amide bonds. The second-order valence-electron chi connectivity index (χ2n) is 3.10. The number of hydrogen-bond donors (Lipinski definition) is 0. The van der Waals surface area contributed by atoms with E-state index in [9.17, 15) is 14.0 Å². The third-order valence-corrected chi connectivity index (χ3v) is 1.86. The van der Waals surface area contributed by atoms with Gasteiger partial charge in [-0.05, 0) is 17.7 Å². The van der Waals surface area contributed by atoms with Crippen LogP contribution in [0.4, 0.5) is 4.39 Å². The largest absolute Gasteiger partial charge is 0.469 e. The molecule has 0 saturated heterocycles. The number of benzene rings is 1. The summed E-state index contributed by atoms with van der Waals surface area (Å²) >= 11 is 0. The topological polar surface area (TPSA) is 43.4 Å². The van der Waals surface area contributed by atoms with Crippen LogP contribution in [0.1, 0.15) is 12.0 Å². The van der Waals surface area contributed by atoms with Gasteiger partial charge in [0.1, 0.15) is 18.0 Å². The highest BCUT2D eigenvalue weighted by Gasteiger charge is 2.10. The lowest BCUT2D eigenvalue weighted by Gasteiger charge is -2.00. The number of hydrogen-bond acceptors (Lipinski definition) is 3. The van der Waals surface area contributed by atoms with E-state index in [-0.39, 0.29) is 18.6 Å². The molecule has 0 spiro atoms. The standard InChI is InChI=1S/C11H11FO3/c1-15-11(14)7-10(13)6-8-3-2-4-9(12)5-8/h2-5H,6-7H2,1H3. The van der Waals surface area contributed by atoms with Crippen LogP contribution in [0.5, 0.6) is 0 Å². The molecule has 80 valence electrons. The minimum absolute atomic E-state index is 0.0485. The average Bonchev–Trinajstić information content (AvgIpc) is 2.17. The number of Topliss-reactive ketones (excluding diaryl/α,β-unsaturated/α-hetero) is 1. The van der Waals surface area contributed by atoms with Crippen LogP contribution < -0.4 is 0 Å². The summed E-state index contributed by atoms with van der Waals surface area (Å²) in [4.78, 5) is 22.0. The van der Waals surface area contributed by atoms with Crippen LogP contribution in [0.3, 0.4) is 0 Å².